The number of anilines is 2. The molecule has 0 atom stereocenters. The van der Waals surface area contributed by atoms with Crippen molar-refractivity contribution in [1.82, 2.24) is 19.7 Å². The van der Waals surface area contributed by atoms with E-state index in [1.54, 1.807) is 6.33 Å². The highest BCUT2D eigenvalue weighted by atomic mass is 15.3. The number of nitrogens with zero attached hydrogens (tertiary/aromatic N) is 4. The molecule has 2 aromatic heterocycles. The van der Waals surface area contributed by atoms with Crippen LogP contribution in [0.3, 0.4) is 0 Å². The van der Waals surface area contributed by atoms with E-state index < -0.39 is 0 Å². The standard InChI is InChI=1S/C15H18N6/c1-3-21-9-19-20-15(21)8-18-14-5-4-13(16)12-7-17-10(2)6-11(12)14/h4-7,9,18H,3,8,16H2,1-2H3. The molecule has 0 saturated heterocycles. The van der Waals surface area contributed by atoms with E-state index in [1.807, 2.05) is 35.9 Å². The highest BCUT2D eigenvalue weighted by Gasteiger charge is 2.07. The normalized spacial score (nSPS) is 11.0. The number of nitrogens with two attached hydrogens (primary N) is 1. The van der Waals surface area contributed by atoms with Gasteiger partial charge in [0.15, 0.2) is 5.82 Å². The molecule has 0 aliphatic carbocycles. The first-order valence-electron chi connectivity index (χ1n) is 6.94. The summed E-state index contributed by atoms with van der Waals surface area (Å²) in [4.78, 5) is 4.31. The minimum absolute atomic E-state index is 0.619. The number of aryl methyl sites for hydroxylation is 2. The number of nitrogen functional groups attached to an aromatic ring is 1. The van der Waals surface area contributed by atoms with Crippen LogP contribution in [0.5, 0.6) is 0 Å². The van der Waals surface area contributed by atoms with E-state index in [0.717, 1.165) is 40.2 Å². The summed E-state index contributed by atoms with van der Waals surface area (Å²) in [5.41, 5.74) is 8.74. The largest absolute Gasteiger partial charge is 0.398 e. The Balaban J connectivity index is 1.94. The number of fused-ring (bicyclic) bond motifs is 1. The van der Waals surface area contributed by atoms with Gasteiger partial charge in [-0.3, -0.25) is 4.98 Å². The predicted molar refractivity (Wildman–Crippen MR) is 83.9 cm³/mol. The average Bonchev–Trinajstić information content (AvgIpc) is 2.94. The van der Waals surface area contributed by atoms with Crippen LogP contribution in [-0.2, 0) is 13.1 Å². The van der Waals surface area contributed by atoms with Gasteiger partial charge in [-0.05, 0) is 32.0 Å². The molecule has 108 valence electrons. The minimum atomic E-state index is 0.619. The maximum absolute atomic E-state index is 6.02. The molecule has 0 bridgehead atoms. The molecule has 3 aromatic rings. The Labute approximate surface area is 123 Å². The van der Waals surface area contributed by atoms with Crippen molar-refractivity contribution >= 4 is 22.1 Å². The van der Waals surface area contributed by atoms with Crippen molar-refractivity contribution in [2.45, 2.75) is 26.9 Å². The quantitative estimate of drug-likeness (QED) is 0.718. The fourth-order valence-electron chi connectivity index (χ4n) is 2.37. The first-order valence-corrected chi connectivity index (χ1v) is 6.94. The Morgan fingerprint density at radius 2 is 2.14 bits per heavy atom. The molecule has 3 N–H and O–H groups in total. The van der Waals surface area contributed by atoms with Crippen LogP contribution >= 0.6 is 0 Å². The topological polar surface area (TPSA) is 81.7 Å². The lowest BCUT2D eigenvalue weighted by molar-refractivity contribution is 0.708. The van der Waals surface area contributed by atoms with Gasteiger partial charge >= 0.3 is 0 Å². The smallest absolute Gasteiger partial charge is 0.152 e. The first-order chi connectivity index (χ1) is 10.2. The van der Waals surface area contributed by atoms with E-state index in [2.05, 4.69) is 27.4 Å². The van der Waals surface area contributed by atoms with E-state index >= 15 is 0 Å². The highest BCUT2D eigenvalue weighted by molar-refractivity contribution is 6.00. The van der Waals surface area contributed by atoms with Crippen LogP contribution in [-0.4, -0.2) is 19.7 Å². The van der Waals surface area contributed by atoms with Crippen LogP contribution in [0.15, 0.2) is 30.7 Å². The van der Waals surface area contributed by atoms with Gasteiger partial charge < -0.3 is 15.6 Å². The summed E-state index contributed by atoms with van der Waals surface area (Å²) in [6, 6.07) is 5.93. The van der Waals surface area contributed by atoms with Gasteiger partial charge in [0.25, 0.3) is 0 Å². The second-order valence-corrected chi connectivity index (χ2v) is 4.96. The van der Waals surface area contributed by atoms with Gasteiger partial charge in [-0.1, -0.05) is 0 Å². The molecule has 0 fully saturated rings. The van der Waals surface area contributed by atoms with Gasteiger partial charge in [0.2, 0.25) is 0 Å². The highest BCUT2D eigenvalue weighted by Crippen LogP contribution is 2.28. The van der Waals surface area contributed by atoms with Gasteiger partial charge in [0, 0.05) is 40.6 Å². The Bertz CT molecular complexity index is 777. The van der Waals surface area contributed by atoms with Crippen molar-refractivity contribution in [2.75, 3.05) is 11.1 Å². The molecule has 1 aromatic carbocycles. The van der Waals surface area contributed by atoms with Gasteiger partial charge in [-0.25, -0.2) is 0 Å². The van der Waals surface area contributed by atoms with Gasteiger partial charge in [-0.2, -0.15) is 0 Å². The number of aromatic nitrogens is 4. The van der Waals surface area contributed by atoms with Gasteiger partial charge in [0.1, 0.15) is 6.33 Å². The number of hydrogen-bond donors (Lipinski definition) is 2. The minimum Gasteiger partial charge on any atom is -0.398 e. The van der Waals surface area contributed by atoms with Crippen molar-refractivity contribution < 1.29 is 0 Å². The van der Waals surface area contributed by atoms with Crippen molar-refractivity contribution in [3.63, 3.8) is 0 Å². The SMILES string of the molecule is CCn1cnnc1CNc1ccc(N)c2cnc(C)cc12. The second-order valence-electron chi connectivity index (χ2n) is 4.96. The summed E-state index contributed by atoms with van der Waals surface area (Å²) in [6.07, 6.45) is 3.56. The second kappa shape index (κ2) is 5.40. The number of nitrogens with one attached hydrogen (secondary N) is 1. The van der Waals surface area contributed by atoms with E-state index in [1.165, 1.54) is 0 Å². The molecule has 6 nitrogen and oxygen atoms in total. The van der Waals surface area contributed by atoms with Crippen molar-refractivity contribution in [3.05, 3.63) is 42.2 Å². The Hall–Kier alpha value is -2.63. The summed E-state index contributed by atoms with van der Waals surface area (Å²) >= 11 is 0. The van der Waals surface area contributed by atoms with Crippen LogP contribution in [0.25, 0.3) is 10.8 Å². The Morgan fingerprint density at radius 1 is 1.29 bits per heavy atom. The van der Waals surface area contributed by atoms with Gasteiger partial charge in [0.05, 0.1) is 6.54 Å². The van der Waals surface area contributed by atoms with Crippen molar-refractivity contribution in [2.24, 2.45) is 0 Å². The van der Waals surface area contributed by atoms with Crippen molar-refractivity contribution in [3.8, 4) is 0 Å². The molecule has 0 radical (unpaired) electrons. The third-order valence-electron chi connectivity index (χ3n) is 3.54. The van der Waals surface area contributed by atoms with Crippen LogP contribution in [0.4, 0.5) is 11.4 Å². The zero-order chi connectivity index (χ0) is 14.8. The Kier molecular flexibility index (Phi) is 3.43. The maximum atomic E-state index is 6.02. The lowest BCUT2D eigenvalue weighted by Crippen LogP contribution is -2.08. The molecule has 0 aliphatic rings. The van der Waals surface area contributed by atoms with Crippen LogP contribution in [0, 0.1) is 6.92 Å². The summed E-state index contributed by atoms with van der Waals surface area (Å²) in [6.45, 7) is 5.52. The fraction of sp³-hybridized carbons (Fsp3) is 0.267. The van der Waals surface area contributed by atoms with Gasteiger partial charge in [-0.15, -0.1) is 10.2 Å². The lowest BCUT2D eigenvalue weighted by Gasteiger charge is -2.12. The number of pyridine rings is 1. The molecule has 21 heavy (non-hydrogen) atoms. The van der Waals surface area contributed by atoms with Crippen LogP contribution in [0.2, 0.25) is 0 Å². The fourth-order valence-corrected chi connectivity index (χ4v) is 2.37. The molecule has 0 saturated carbocycles. The summed E-state index contributed by atoms with van der Waals surface area (Å²) in [7, 11) is 0. The van der Waals surface area contributed by atoms with E-state index in [4.69, 9.17) is 5.73 Å². The van der Waals surface area contributed by atoms with Crippen LogP contribution in [0.1, 0.15) is 18.4 Å². The number of benzene rings is 1. The maximum Gasteiger partial charge on any atom is 0.152 e. The first kappa shape index (κ1) is 13.4. The molecular formula is C15H18N6. The number of hydrogen-bond acceptors (Lipinski definition) is 5. The summed E-state index contributed by atoms with van der Waals surface area (Å²) in [5, 5.41) is 13.5. The third kappa shape index (κ3) is 2.52. The monoisotopic (exact) mass is 282 g/mol. The van der Waals surface area contributed by atoms with Crippen molar-refractivity contribution in [1.29, 1.82) is 0 Å². The summed E-state index contributed by atoms with van der Waals surface area (Å²) in [5.74, 6) is 0.910. The predicted octanol–water partition coefficient (Wildman–Crippen LogP) is 2.35. The van der Waals surface area contributed by atoms with Crippen LogP contribution < -0.4 is 11.1 Å². The lowest BCUT2D eigenvalue weighted by atomic mass is 10.1. The molecule has 0 spiro atoms. The summed E-state index contributed by atoms with van der Waals surface area (Å²) < 4.78 is 2.01. The molecule has 6 heteroatoms. The van der Waals surface area contributed by atoms with E-state index in [0.29, 0.717) is 6.54 Å². The molecule has 0 aliphatic heterocycles. The van der Waals surface area contributed by atoms with E-state index in [9.17, 15) is 0 Å². The Morgan fingerprint density at radius 3 is 2.95 bits per heavy atom. The number of rotatable bonds is 4. The molecule has 0 amide bonds. The zero-order valence-corrected chi connectivity index (χ0v) is 12.2. The zero-order valence-electron chi connectivity index (χ0n) is 12.2. The molecule has 2 heterocycles. The molecule has 3 rings (SSSR count). The average molecular weight is 282 g/mol. The molecule has 0 unspecified atom stereocenters. The molecular weight excluding hydrogens is 264 g/mol. The third-order valence-corrected chi connectivity index (χ3v) is 3.54. The van der Waals surface area contributed by atoms with E-state index in [-0.39, 0.29) is 0 Å².